The van der Waals surface area contributed by atoms with Crippen molar-refractivity contribution in [3.63, 3.8) is 0 Å². The van der Waals surface area contributed by atoms with Gasteiger partial charge in [0.25, 0.3) is 0 Å². The topological polar surface area (TPSA) is 46.5 Å². The maximum Gasteiger partial charge on any atom is 0.335 e. The van der Waals surface area contributed by atoms with E-state index in [0.29, 0.717) is 5.56 Å². The number of esters is 1. The highest BCUT2D eigenvalue weighted by Crippen LogP contribution is 2.28. The molecule has 0 saturated heterocycles. The number of methoxy groups -OCH3 is 1. The average Bonchev–Trinajstić information content (AvgIpc) is 2.27. The number of benzene rings is 1. The third-order valence-corrected chi connectivity index (χ3v) is 2.68. The smallest absolute Gasteiger partial charge is 0.335 e. The first-order valence-corrected chi connectivity index (χ1v) is 4.91. The molecule has 1 atom stereocenters. The van der Waals surface area contributed by atoms with Crippen LogP contribution in [-0.2, 0) is 14.9 Å². The van der Waals surface area contributed by atoms with E-state index in [1.54, 1.807) is 19.9 Å². The van der Waals surface area contributed by atoms with Crippen molar-refractivity contribution in [2.45, 2.75) is 25.4 Å². The third-order valence-electron chi connectivity index (χ3n) is 2.68. The van der Waals surface area contributed by atoms with Gasteiger partial charge in [0, 0.05) is 5.41 Å². The highest BCUT2D eigenvalue weighted by Gasteiger charge is 2.36. The Balaban J connectivity index is 3.05. The lowest BCUT2D eigenvalue weighted by Crippen LogP contribution is -2.40. The largest absolute Gasteiger partial charge is 0.467 e. The van der Waals surface area contributed by atoms with Gasteiger partial charge in [-0.15, -0.1) is 0 Å². The molecule has 0 aromatic heterocycles. The Morgan fingerprint density at radius 2 is 2.12 bits per heavy atom. The summed E-state index contributed by atoms with van der Waals surface area (Å²) in [4.78, 5) is 11.3. The van der Waals surface area contributed by atoms with Crippen LogP contribution in [-0.4, -0.2) is 24.3 Å². The number of halogens is 1. The molecule has 1 unspecified atom stereocenters. The molecule has 0 spiro atoms. The molecule has 1 rings (SSSR count). The van der Waals surface area contributed by atoms with Gasteiger partial charge in [0.2, 0.25) is 0 Å². The van der Waals surface area contributed by atoms with Crippen molar-refractivity contribution in [1.29, 1.82) is 0 Å². The highest BCUT2D eigenvalue weighted by atomic mass is 19.1. The number of ether oxygens (including phenoxy) is 1. The second-order valence-corrected chi connectivity index (χ2v) is 4.16. The van der Waals surface area contributed by atoms with Crippen molar-refractivity contribution in [2.24, 2.45) is 0 Å². The first kappa shape index (κ1) is 12.6. The van der Waals surface area contributed by atoms with E-state index in [2.05, 4.69) is 4.74 Å². The fraction of sp³-hybridized carbons (Fsp3) is 0.417. The molecule has 1 N–H and O–H groups in total. The summed E-state index contributed by atoms with van der Waals surface area (Å²) in [7, 11) is 1.20. The zero-order valence-corrected chi connectivity index (χ0v) is 9.53. The number of aliphatic hydroxyl groups is 1. The summed E-state index contributed by atoms with van der Waals surface area (Å²) >= 11 is 0. The quantitative estimate of drug-likeness (QED) is 0.797. The molecule has 0 aliphatic heterocycles. The molecule has 0 amide bonds. The Kier molecular flexibility index (Phi) is 3.65. The Labute approximate surface area is 93.9 Å². The average molecular weight is 226 g/mol. The first-order chi connectivity index (χ1) is 7.39. The molecule has 0 bridgehead atoms. The summed E-state index contributed by atoms with van der Waals surface area (Å²) in [6.45, 7) is 3.31. The Hall–Kier alpha value is -1.42. The van der Waals surface area contributed by atoms with Crippen LogP contribution in [0, 0.1) is 5.82 Å². The van der Waals surface area contributed by atoms with E-state index < -0.39 is 23.3 Å². The standard InChI is InChI=1S/C12H15FO3/c1-12(2,10(14)11(15)16-3)8-5-4-6-9(13)7-8/h4-7,10,14H,1-3H3. The van der Waals surface area contributed by atoms with E-state index in [-0.39, 0.29) is 0 Å². The summed E-state index contributed by atoms with van der Waals surface area (Å²) in [5.41, 5.74) is -0.347. The van der Waals surface area contributed by atoms with Crippen molar-refractivity contribution in [1.82, 2.24) is 0 Å². The van der Waals surface area contributed by atoms with Gasteiger partial charge in [-0.1, -0.05) is 26.0 Å². The summed E-state index contributed by atoms with van der Waals surface area (Å²) in [5.74, 6) is -1.13. The van der Waals surface area contributed by atoms with E-state index in [0.717, 1.165) is 0 Å². The van der Waals surface area contributed by atoms with Crippen LogP contribution in [0.5, 0.6) is 0 Å². The number of rotatable bonds is 3. The summed E-state index contributed by atoms with van der Waals surface area (Å²) in [6.07, 6.45) is -1.32. The molecule has 4 heteroatoms. The van der Waals surface area contributed by atoms with Gasteiger partial charge < -0.3 is 9.84 Å². The van der Waals surface area contributed by atoms with Crippen LogP contribution in [0.3, 0.4) is 0 Å². The summed E-state index contributed by atoms with van der Waals surface area (Å²) < 4.78 is 17.5. The van der Waals surface area contributed by atoms with Crippen molar-refractivity contribution in [2.75, 3.05) is 7.11 Å². The van der Waals surface area contributed by atoms with Gasteiger partial charge in [-0.2, -0.15) is 0 Å². The molecule has 0 aliphatic rings. The van der Waals surface area contributed by atoms with Crippen LogP contribution in [0.4, 0.5) is 4.39 Å². The molecule has 0 fully saturated rings. The molecule has 0 saturated carbocycles. The number of hydrogen-bond donors (Lipinski definition) is 1. The molecule has 16 heavy (non-hydrogen) atoms. The second kappa shape index (κ2) is 4.61. The van der Waals surface area contributed by atoms with E-state index in [1.165, 1.54) is 25.3 Å². The second-order valence-electron chi connectivity index (χ2n) is 4.16. The highest BCUT2D eigenvalue weighted by molar-refractivity contribution is 5.76. The minimum absolute atomic E-state index is 0.400. The molecule has 1 aromatic rings. The molecular formula is C12H15FO3. The lowest BCUT2D eigenvalue weighted by atomic mass is 9.79. The molecule has 3 nitrogen and oxygen atoms in total. The maximum atomic E-state index is 13.0. The van der Waals surface area contributed by atoms with Crippen LogP contribution >= 0.6 is 0 Å². The Morgan fingerprint density at radius 3 is 2.62 bits per heavy atom. The molecule has 1 aromatic carbocycles. The fourth-order valence-electron chi connectivity index (χ4n) is 1.45. The van der Waals surface area contributed by atoms with Crippen molar-refractivity contribution in [3.8, 4) is 0 Å². The van der Waals surface area contributed by atoms with Crippen LogP contribution < -0.4 is 0 Å². The first-order valence-electron chi connectivity index (χ1n) is 4.91. The molecule has 88 valence electrons. The number of aliphatic hydroxyl groups excluding tert-OH is 1. The maximum absolute atomic E-state index is 13.0. The Bertz CT molecular complexity index is 388. The lowest BCUT2D eigenvalue weighted by Gasteiger charge is -2.29. The van der Waals surface area contributed by atoms with Gasteiger partial charge in [-0.05, 0) is 17.7 Å². The van der Waals surface area contributed by atoms with Gasteiger partial charge in [0.1, 0.15) is 5.82 Å². The predicted octanol–water partition coefficient (Wildman–Crippen LogP) is 1.64. The SMILES string of the molecule is COC(=O)C(O)C(C)(C)c1cccc(F)c1. The number of carbonyl (C=O) groups excluding carboxylic acids is 1. The number of carbonyl (C=O) groups is 1. The molecule has 0 aliphatic carbocycles. The van der Waals surface area contributed by atoms with Crippen molar-refractivity contribution < 1.29 is 19.0 Å². The van der Waals surface area contributed by atoms with Crippen molar-refractivity contribution in [3.05, 3.63) is 35.6 Å². The molecular weight excluding hydrogens is 211 g/mol. The van der Waals surface area contributed by atoms with E-state index in [9.17, 15) is 14.3 Å². The molecule has 0 heterocycles. The minimum atomic E-state index is -1.32. The normalized spacial score (nSPS) is 13.3. The van der Waals surface area contributed by atoms with Gasteiger partial charge in [0.15, 0.2) is 6.10 Å². The zero-order chi connectivity index (χ0) is 12.3. The Morgan fingerprint density at radius 1 is 1.50 bits per heavy atom. The summed E-state index contributed by atoms with van der Waals surface area (Å²) in [5, 5.41) is 9.79. The van der Waals surface area contributed by atoms with Crippen molar-refractivity contribution >= 4 is 5.97 Å². The van der Waals surface area contributed by atoms with Gasteiger partial charge in [0.05, 0.1) is 7.11 Å². The van der Waals surface area contributed by atoms with E-state index in [4.69, 9.17) is 0 Å². The van der Waals surface area contributed by atoms with E-state index in [1.807, 2.05) is 0 Å². The predicted molar refractivity (Wildman–Crippen MR) is 57.4 cm³/mol. The van der Waals surface area contributed by atoms with Gasteiger partial charge in [-0.25, -0.2) is 9.18 Å². The number of hydrogen-bond acceptors (Lipinski definition) is 3. The minimum Gasteiger partial charge on any atom is -0.467 e. The van der Waals surface area contributed by atoms with Crippen LogP contribution in [0.1, 0.15) is 19.4 Å². The van der Waals surface area contributed by atoms with E-state index >= 15 is 0 Å². The monoisotopic (exact) mass is 226 g/mol. The van der Waals surface area contributed by atoms with Gasteiger partial charge in [-0.3, -0.25) is 0 Å². The summed E-state index contributed by atoms with van der Waals surface area (Å²) in [6, 6.07) is 5.81. The molecule has 0 radical (unpaired) electrons. The third kappa shape index (κ3) is 2.39. The fourth-order valence-corrected chi connectivity index (χ4v) is 1.45. The van der Waals surface area contributed by atoms with Crippen LogP contribution in [0.25, 0.3) is 0 Å². The lowest BCUT2D eigenvalue weighted by molar-refractivity contribution is -0.153. The zero-order valence-electron chi connectivity index (χ0n) is 9.53. The van der Waals surface area contributed by atoms with Gasteiger partial charge >= 0.3 is 5.97 Å². The van der Waals surface area contributed by atoms with Crippen LogP contribution in [0.2, 0.25) is 0 Å². The van der Waals surface area contributed by atoms with Crippen LogP contribution in [0.15, 0.2) is 24.3 Å².